The summed E-state index contributed by atoms with van der Waals surface area (Å²) < 4.78 is 4.81. The van der Waals surface area contributed by atoms with Crippen LogP contribution in [0.15, 0.2) is 24.3 Å². The minimum Gasteiger partial charge on any atom is -0.469 e. The molecule has 0 amide bonds. The quantitative estimate of drug-likeness (QED) is 0.635. The van der Waals surface area contributed by atoms with Crippen molar-refractivity contribution in [1.82, 2.24) is 0 Å². The molecule has 0 radical (unpaired) electrons. The molecule has 74 valence electrons. The van der Waals surface area contributed by atoms with E-state index in [4.69, 9.17) is 4.74 Å². The number of rotatable bonds is 1. The molecule has 1 atom stereocenters. The molecule has 0 saturated heterocycles. The molecule has 14 heavy (non-hydrogen) atoms. The molecule has 0 saturated carbocycles. The third-order valence-electron chi connectivity index (χ3n) is 2.86. The average molecular weight is 190 g/mol. The first-order chi connectivity index (χ1) is 6.83. The molecule has 1 aliphatic rings. The van der Waals surface area contributed by atoms with E-state index in [0.717, 1.165) is 24.8 Å². The lowest BCUT2D eigenvalue weighted by atomic mass is 9.83. The fraction of sp³-hybridized carbons (Fsp3) is 0.417. The molecule has 1 aliphatic carbocycles. The van der Waals surface area contributed by atoms with E-state index >= 15 is 0 Å². The number of carbonyl (C=O) groups excluding carboxylic acids is 1. The monoisotopic (exact) mass is 190 g/mol. The van der Waals surface area contributed by atoms with Crippen molar-refractivity contribution in [2.24, 2.45) is 0 Å². The van der Waals surface area contributed by atoms with Crippen LogP contribution in [0.25, 0.3) is 0 Å². The van der Waals surface area contributed by atoms with E-state index in [-0.39, 0.29) is 11.9 Å². The van der Waals surface area contributed by atoms with Crippen LogP contribution in [0.1, 0.15) is 29.9 Å². The first-order valence-corrected chi connectivity index (χ1v) is 4.98. The van der Waals surface area contributed by atoms with Crippen LogP contribution in [0, 0.1) is 0 Å². The molecule has 2 heteroatoms. The number of carbonyl (C=O) groups is 1. The highest BCUT2D eigenvalue weighted by molar-refractivity contribution is 5.78. The second-order valence-corrected chi connectivity index (χ2v) is 3.67. The lowest BCUT2D eigenvalue weighted by Crippen LogP contribution is -2.19. The summed E-state index contributed by atoms with van der Waals surface area (Å²) in [6, 6.07) is 8.15. The number of hydrogen-bond acceptors (Lipinski definition) is 2. The highest BCUT2D eigenvalue weighted by Gasteiger charge is 2.26. The Morgan fingerprint density at radius 3 is 3.00 bits per heavy atom. The third-order valence-corrected chi connectivity index (χ3v) is 2.86. The SMILES string of the molecule is COC(=O)C1CCCc2ccccc21. The molecule has 1 unspecified atom stereocenters. The van der Waals surface area contributed by atoms with Gasteiger partial charge in [0.2, 0.25) is 0 Å². The van der Waals surface area contributed by atoms with Gasteiger partial charge in [0.05, 0.1) is 13.0 Å². The summed E-state index contributed by atoms with van der Waals surface area (Å²) in [7, 11) is 1.46. The smallest absolute Gasteiger partial charge is 0.313 e. The Labute approximate surface area is 83.9 Å². The van der Waals surface area contributed by atoms with Crippen LogP contribution >= 0.6 is 0 Å². The molecule has 1 aromatic carbocycles. The Bertz CT molecular complexity index is 344. The molecule has 2 rings (SSSR count). The van der Waals surface area contributed by atoms with Crippen molar-refractivity contribution in [3.05, 3.63) is 35.4 Å². The normalized spacial score (nSPS) is 19.9. The fourth-order valence-corrected chi connectivity index (χ4v) is 2.14. The molecule has 0 aromatic heterocycles. The first-order valence-electron chi connectivity index (χ1n) is 4.98. The Kier molecular flexibility index (Phi) is 2.53. The topological polar surface area (TPSA) is 26.3 Å². The van der Waals surface area contributed by atoms with Gasteiger partial charge < -0.3 is 4.74 Å². The van der Waals surface area contributed by atoms with Crippen LogP contribution in [-0.4, -0.2) is 13.1 Å². The highest BCUT2D eigenvalue weighted by atomic mass is 16.5. The van der Waals surface area contributed by atoms with Gasteiger partial charge in [-0.25, -0.2) is 0 Å². The standard InChI is InChI=1S/C12H14O2/c1-14-12(13)11-8-4-6-9-5-2-3-7-10(9)11/h2-3,5,7,11H,4,6,8H2,1H3. The van der Waals surface area contributed by atoms with E-state index in [2.05, 4.69) is 6.07 Å². The van der Waals surface area contributed by atoms with Gasteiger partial charge in [-0.1, -0.05) is 24.3 Å². The van der Waals surface area contributed by atoms with Crippen molar-refractivity contribution in [3.8, 4) is 0 Å². The Morgan fingerprint density at radius 2 is 2.21 bits per heavy atom. The van der Waals surface area contributed by atoms with Crippen molar-refractivity contribution < 1.29 is 9.53 Å². The number of benzene rings is 1. The molecular formula is C12H14O2. The zero-order valence-electron chi connectivity index (χ0n) is 8.32. The summed E-state index contributed by atoms with van der Waals surface area (Å²) >= 11 is 0. The van der Waals surface area contributed by atoms with E-state index in [1.807, 2.05) is 18.2 Å². The average Bonchev–Trinajstić information content (AvgIpc) is 2.27. The summed E-state index contributed by atoms with van der Waals surface area (Å²) in [5.41, 5.74) is 2.46. The molecule has 0 N–H and O–H groups in total. The molecule has 0 spiro atoms. The Morgan fingerprint density at radius 1 is 1.43 bits per heavy atom. The summed E-state index contributed by atoms with van der Waals surface area (Å²) in [5.74, 6) is -0.137. The van der Waals surface area contributed by atoms with E-state index in [1.165, 1.54) is 12.7 Å². The minimum absolute atomic E-state index is 0.0371. The largest absolute Gasteiger partial charge is 0.469 e. The zero-order valence-corrected chi connectivity index (χ0v) is 8.32. The van der Waals surface area contributed by atoms with Crippen molar-refractivity contribution >= 4 is 5.97 Å². The molecule has 1 aromatic rings. The van der Waals surface area contributed by atoms with Crippen molar-refractivity contribution in [2.45, 2.75) is 25.2 Å². The predicted octanol–water partition coefficient (Wildman–Crippen LogP) is 2.28. The Balaban J connectivity index is 2.35. The van der Waals surface area contributed by atoms with Gasteiger partial charge in [-0.2, -0.15) is 0 Å². The zero-order chi connectivity index (χ0) is 9.97. The van der Waals surface area contributed by atoms with Crippen molar-refractivity contribution in [3.63, 3.8) is 0 Å². The predicted molar refractivity (Wildman–Crippen MR) is 54.1 cm³/mol. The summed E-state index contributed by atoms with van der Waals surface area (Å²) in [4.78, 5) is 11.5. The van der Waals surface area contributed by atoms with Crippen LogP contribution in [0.5, 0.6) is 0 Å². The second kappa shape index (κ2) is 3.82. The van der Waals surface area contributed by atoms with E-state index in [1.54, 1.807) is 0 Å². The summed E-state index contributed by atoms with van der Waals surface area (Å²) in [5, 5.41) is 0. The van der Waals surface area contributed by atoms with E-state index in [0.29, 0.717) is 0 Å². The van der Waals surface area contributed by atoms with Gasteiger partial charge in [0.15, 0.2) is 0 Å². The van der Waals surface area contributed by atoms with Crippen molar-refractivity contribution in [1.29, 1.82) is 0 Å². The summed E-state index contributed by atoms with van der Waals surface area (Å²) in [6.07, 6.45) is 3.09. The third kappa shape index (κ3) is 1.52. The lowest BCUT2D eigenvalue weighted by molar-refractivity contribution is -0.142. The Hall–Kier alpha value is -1.31. The van der Waals surface area contributed by atoms with Gasteiger partial charge in [0, 0.05) is 0 Å². The van der Waals surface area contributed by atoms with E-state index in [9.17, 15) is 4.79 Å². The molecule has 2 nitrogen and oxygen atoms in total. The second-order valence-electron chi connectivity index (χ2n) is 3.67. The minimum atomic E-state index is -0.0999. The number of hydrogen-bond donors (Lipinski definition) is 0. The number of fused-ring (bicyclic) bond motifs is 1. The van der Waals surface area contributed by atoms with Gasteiger partial charge in [0.1, 0.15) is 0 Å². The first kappa shape index (κ1) is 9.25. The lowest BCUT2D eigenvalue weighted by Gasteiger charge is -2.23. The molecule has 0 heterocycles. The van der Waals surface area contributed by atoms with E-state index < -0.39 is 0 Å². The molecule has 0 fully saturated rings. The number of aryl methyl sites for hydroxylation is 1. The van der Waals surface area contributed by atoms with Gasteiger partial charge in [0.25, 0.3) is 0 Å². The van der Waals surface area contributed by atoms with Gasteiger partial charge in [-0.3, -0.25) is 4.79 Å². The van der Waals surface area contributed by atoms with Gasteiger partial charge >= 0.3 is 5.97 Å². The van der Waals surface area contributed by atoms with Crippen LogP contribution < -0.4 is 0 Å². The van der Waals surface area contributed by atoms with Crippen LogP contribution in [0.2, 0.25) is 0 Å². The van der Waals surface area contributed by atoms with Crippen LogP contribution in [0.4, 0.5) is 0 Å². The highest BCUT2D eigenvalue weighted by Crippen LogP contribution is 2.31. The van der Waals surface area contributed by atoms with Gasteiger partial charge in [-0.15, -0.1) is 0 Å². The fourth-order valence-electron chi connectivity index (χ4n) is 2.14. The van der Waals surface area contributed by atoms with Gasteiger partial charge in [-0.05, 0) is 30.4 Å². The number of methoxy groups -OCH3 is 1. The van der Waals surface area contributed by atoms with Crippen LogP contribution in [0.3, 0.4) is 0 Å². The molecule has 0 aliphatic heterocycles. The van der Waals surface area contributed by atoms with Crippen molar-refractivity contribution in [2.75, 3.05) is 7.11 Å². The maximum atomic E-state index is 11.5. The van der Waals surface area contributed by atoms with Crippen LogP contribution in [-0.2, 0) is 16.0 Å². The number of esters is 1. The maximum Gasteiger partial charge on any atom is 0.313 e. The maximum absolute atomic E-state index is 11.5. The number of ether oxygens (including phenoxy) is 1. The molecule has 0 bridgehead atoms. The molecular weight excluding hydrogens is 176 g/mol. The summed E-state index contributed by atoms with van der Waals surface area (Å²) in [6.45, 7) is 0.